The first-order valence-electron chi connectivity index (χ1n) is 10.5. The number of ether oxygens (including phenoxy) is 1. The minimum atomic E-state index is -0.158. The van der Waals surface area contributed by atoms with Gasteiger partial charge in [0.25, 0.3) is 5.91 Å². The molecule has 1 amide bonds. The molecule has 0 saturated carbocycles. The van der Waals surface area contributed by atoms with Crippen molar-refractivity contribution >= 4 is 28.6 Å². The number of carbonyl (C=O) groups excluding carboxylic acids is 1. The minimum Gasteiger partial charge on any atom is -0.492 e. The van der Waals surface area contributed by atoms with Crippen LogP contribution in [0.4, 0.5) is 0 Å². The van der Waals surface area contributed by atoms with Crippen molar-refractivity contribution in [1.82, 2.24) is 5.32 Å². The third kappa shape index (κ3) is 5.10. The van der Waals surface area contributed by atoms with Crippen LogP contribution in [0.15, 0.2) is 71.4 Å². The van der Waals surface area contributed by atoms with Crippen molar-refractivity contribution < 1.29 is 9.53 Å². The summed E-state index contributed by atoms with van der Waals surface area (Å²) in [7, 11) is 0. The molecule has 0 aliphatic heterocycles. The van der Waals surface area contributed by atoms with Crippen molar-refractivity contribution in [3.05, 3.63) is 88.1 Å². The Kier molecular flexibility index (Phi) is 7.05. The zero-order valence-corrected chi connectivity index (χ0v) is 19.8. The van der Waals surface area contributed by atoms with E-state index in [1.54, 1.807) is 28.7 Å². The molecule has 3 N–H and O–H groups in total. The number of amides is 1. The average molecular weight is 463 g/mol. The van der Waals surface area contributed by atoms with Crippen LogP contribution in [0.25, 0.3) is 20.9 Å². The number of rotatable bonds is 8. The summed E-state index contributed by atoms with van der Waals surface area (Å²) in [6, 6.07) is 20.3. The van der Waals surface area contributed by atoms with Crippen LogP contribution < -0.4 is 15.8 Å². The van der Waals surface area contributed by atoms with E-state index in [2.05, 4.69) is 58.5 Å². The Labute approximate surface area is 196 Å². The summed E-state index contributed by atoms with van der Waals surface area (Å²) >= 11 is 3.43. The largest absolute Gasteiger partial charge is 0.492 e. The monoisotopic (exact) mass is 462 g/mol. The Morgan fingerprint density at radius 3 is 2.22 bits per heavy atom. The normalized spacial score (nSPS) is 11.8. The van der Waals surface area contributed by atoms with Crippen LogP contribution in [-0.2, 0) is 0 Å². The van der Waals surface area contributed by atoms with E-state index in [0.29, 0.717) is 24.5 Å². The van der Waals surface area contributed by atoms with Gasteiger partial charge in [0.05, 0.1) is 6.04 Å². The maximum atomic E-state index is 13.1. The highest BCUT2D eigenvalue weighted by Gasteiger charge is 2.17. The zero-order chi connectivity index (χ0) is 22.5. The van der Waals surface area contributed by atoms with Gasteiger partial charge < -0.3 is 15.8 Å². The van der Waals surface area contributed by atoms with Gasteiger partial charge in [-0.25, -0.2) is 0 Å². The first-order valence-corrected chi connectivity index (χ1v) is 12.3. The lowest BCUT2D eigenvalue weighted by Gasteiger charge is -2.18. The highest BCUT2D eigenvalue weighted by Crippen LogP contribution is 2.34. The molecule has 2 aromatic heterocycles. The smallest absolute Gasteiger partial charge is 0.252 e. The second-order valence-electron chi connectivity index (χ2n) is 7.61. The lowest BCUT2D eigenvalue weighted by atomic mass is 9.99. The first-order chi connectivity index (χ1) is 15.5. The van der Waals surface area contributed by atoms with Gasteiger partial charge in [0.1, 0.15) is 12.4 Å². The van der Waals surface area contributed by atoms with E-state index in [1.165, 1.54) is 9.75 Å². The highest BCUT2D eigenvalue weighted by molar-refractivity contribution is 7.14. The van der Waals surface area contributed by atoms with Crippen molar-refractivity contribution in [3.8, 4) is 26.6 Å². The predicted octanol–water partition coefficient (Wildman–Crippen LogP) is 6.28. The van der Waals surface area contributed by atoms with Crippen LogP contribution >= 0.6 is 22.7 Å². The summed E-state index contributed by atoms with van der Waals surface area (Å²) in [6.07, 6.45) is 0. The van der Waals surface area contributed by atoms with Gasteiger partial charge in [-0.05, 0) is 89.3 Å². The molecule has 4 aromatic rings. The van der Waals surface area contributed by atoms with Gasteiger partial charge in [0.2, 0.25) is 0 Å². The summed E-state index contributed by atoms with van der Waals surface area (Å²) < 4.78 is 5.60. The van der Waals surface area contributed by atoms with Crippen LogP contribution in [0, 0.1) is 6.92 Å². The van der Waals surface area contributed by atoms with E-state index in [4.69, 9.17) is 10.5 Å². The molecule has 4 nitrogen and oxygen atoms in total. The molecule has 32 heavy (non-hydrogen) atoms. The summed E-state index contributed by atoms with van der Waals surface area (Å²) in [6.45, 7) is 4.80. The molecule has 2 aromatic carbocycles. The standard InChI is InChI=1S/C26H26N2O2S2/c1-17-7-8-22(30-10-9-27)16-23(17)26(29)28-18(2)19-13-20(24-5-3-11-31-24)15-21(14-19)25-6-4-12-32-25/h3-8,11-16,18H,9-10,27H2,1-2H3,(H,28,29)/t18-/m1/s1. The number of hydrogen-bond donors (Lipinski definition) is 2. The molecule has 4 rings (SSSR count). The van der Waals surface area contributed by atoms with E-state index in [0.717, 1.165) is 22.3 Å². The van der Waals surface area contributed by atoms with Gasteiger partial charge in [0.15, 0.2) is 0 Å². The molecular weight excluding hydrogens is 436 g/mol. The van der Waals surface area contributed by atoms with Gasteiger partial charge in [-0.2, -0.15) is 0 Å². The Hall–Kier alpha value is -2.93. The average Bonchev–Trinajstić information content (AvgIpc) is 3.52. The predicted molar refractivity (Wildman–Crippen MR) is 135 cm³/mol. The molecule has 0 spiro atoms. The van der Waals surface area contributed by atoms with Crippen LogP contribution in [0.3, 0.4) is 0 Å². The molecule has 0 bridgehead atoms. The van der Waals surface area contributed by atoms with Crippen LogP contribution in [0.1, 0.15) is 34.5 Å². The fourth-order valence-electron chi connectivity index (χ4n) is 3.54. The third-order valence-electron chi connectivity index (χ3n) is 5.25. The lowest BCUT2D eigenvalue weighted by molar-refractivity contribution is 0.0939. The summed E-state index contributed by atoms with van der Waals surface area (Å²) in [5.41, 5.74) is 10.4. The molecule has 2 heterocycles. The number of benzene rings is 2. The van der Waals surface area contributed by atoms with Crippen molar-refractivity contribution in [2.45, 2.75) is 19.9 Å². The second-order valence-corrected chi connectivity index (χ2v) is 9.50. The number of carbonyl (C=O) groups is 1. The van der Waals surface area contributed by atoms with Crippen molar-refractivity contribution in [2.24, 2.45) is 5.73 Å². The molecule has 0 saturated heterocycles. The number of nitrogens with two attached hydrogens (primary N) is 1. The van der Waals surface area contributed by atoms with E-state index in [1.807, 2.05) is 26.0 Å². The maximum Gasteiger partial charge on any atom is 0.252 e. The van der Waals surface area contributed by atoms with Crippen LogP contribution in [0.5, 0.6) is 5.75 Å². The molecule has 0 fully saturated rings. The molecular formula is C26H26N2O2S2. The Morgan fingerprint density at radius 1 is 1.00 bits per heavy atom. The summed E-state index contributed by atoms with van der Waals surface area (Å²) in [4.78, 5) is 15.5. The maximum absolute atomic E-state index is 13.1. The van der Waals surface area contributed by atoms with Crippen molar-refractivity contribution in [3.63, 3.8) is 0 Å². The SMILES string of the molecule is Cc1ccc(OCCN)cc1C(=O)N[C@H](C)c1cc(-c2cccs2)cc(-c2cccs2)c1. The molecule has 0 unspecified atom stereocenters. The molecule has 6 heteroatoms. The quantitative estimate of drug-likeness (QED) is 0.324. The molecule has 164 valence electrons. The third-order valence-corrected chi connectivity index (χ3v) is 7.09. The Morgan fingerprint density at radius 2 is 1.66 bits per heavy atom. The number of hydrogen-bond acceptors (Lipinski definition) is 5. The summed E-state index contributed by atoms with van der Waals surface area (Å²) in [5.74, 6) is 0.533. The number of aryl methyl sites for hydroxylation is 1. The fourth-order valence-corrected chi connectivity index (χ4v) is 4.97. The topological polar surface area (TPSA) is 64.3 Å². The van der Waals surface area contributed by atoms with Crippen LogP contribution in [-0.4, -0.2) is 19.1 Å². The van der Waals surface area contributed by atoms with Gasteiger partial charge in [-0.1, -0.05) is 18.2 Å². The minimum absolute atomic E-state index is 0.118. The van der Waals surface area contributed by atoms with Gasteiger partial charge in [0, 0.05) is 21.9 Å². The second kappa shape index (κ2) is 10.1. The first kappa shape index (κ1) is 22.3. The zero-order valence-electron chi connectivity index (χ0n) is 18.1. The van der Waals surface area contributed by atoms with E-state index < -0.39 is 0 Å². The Balaban J connectivity index is 1.62. The van der Waals surface area contributed by atoms with Gasteiger partial charge in [-0.3, -0.25) is 4.79 Å². The number of thiophene rings is 2. The highest BCUT2D eigenvalue weighted by atomic mass is 32.1. The fraction of sp³-hybridized carbons (Fsp3) is 0.192. The van der Waals surface area contributed by atoms with E-state index >= 15 is 0 Å². The van der Waals surface area contributed by atoms with Gasteiger partial charge >= 0.3 is 0 Å². The van der Waals surface area contributed by atoms with Crippen LogP contribution in [0.2, 0.25) is 0 Å². The van der Waals surface area contributed by atoms with Crippen molar-refractivity contribution in [2.75, 3.05) is 13.2 Å². The lowest BCUT2D eigenvalue weighted by Crippen LogP contribution is -2.27. The van der Waals surface area contributed by atoms with E-state index in [9.17, 15) is 4.79 Å². The Bertz CT molecular complexity index is 1130. The molecule has 1 atom stereocenters. The molecule has 0 radical (unpaired) electrons. The van der Waals surface area contributed by atoms with Gasteiger partial charge in [-0.15, -0.1) is 22.7 Å². The molecule has 0 aliphatic carbocycles. The number of nitrogens with one attached hydrogen (secondary N) is 1. The summed E-state index contributed by atoms with van der Waals surface area (Å²) in [5, 5.41) is 7.34. The van der Waals surface area contributed by atoms with Crippen molar-refractivity contribution in [1.29, 1.82) is 0 Å². The van der Waals surface area contributed by atoms with E-state index in [-0.39, 0.29) is 11.9 Å². The molecule has 0 aliphatic rings.